The number of aliphatic hydroxyl groups excluding tert-OH is 10. The summed E-state index contributed by atoms with van der Waals surface area (Å²) >= 11 is 0. The highest BCUT2D eigenvalue weighted by atomic mass is 33.1. The molecule has 7 rings (SSSR count). The van der Waals surface area contributed by atoms with Crippen molar-refractivity contribution in [3.05, 3.63) is 66.0 Å². The van der Waals surface area contributed by atoms with Gasteiger partial charge in [-0.2, -0.15) is 5.10 Å². The molecule has 0 bridgehead atoms. The van der Waals surface area contributed by atoms with Crippen LogP contribution in [0.25, 0.3) is 0 Å². The molecule has 41 nitrogen and oxygen atoms in total. The lowest BCUT2D eigenvalue weighted by molar-refractivity contribution is -0.272. The first-order valence-electron chi connectivity index (χ1n) is 35.1. The third-order valence-electron chi connectivity index (χ3n) is 17.1. The molecule has 107 heavy (non-hydrogen) atoms. The minimum atomic E-state index is -1.51. The smallest absolute Gasteiger partial charge is 0.237 e. The fraction of sp³-hybridized carbons (Fsp3) is 0.719. The molecule has 4 aromatic rings. The zero-order valence-electron chi connectivity index (χ0n) is 60.0. The fourth-order valence-electron chi connectivity index (χ4n) is 11.7. The average Bonchev–Trinajstić information content (AvgIpc) is 0.849. The van der Waals surface area contributed by atoms with Crippen LogP contribution in [0.15, 0.2) is 58.9 Å². The number of nitrogens with two attached hydrogens (primary N) is 1. The maximum Gasteiger partial charge on any atom is 0.237 e. The number of carbonyl (C=O) groups is 4. The molecule has 0 spiro atoms. The molecule has 3 aliphatic rings. The minimum Gasteiger partial charge on any atom is -0.394 e. The second kappa shape index (κ2) is 46.9. The van der Waals surface area contributed by atoms with Crippen molar-refractivity contribution in [2.24, 2.45) is 10.9 Å². The molecule has 3 aromatic heterocycles. The Morgan fingerprint density at radius 1 is 0.598 bits per heavy atom. The lowest BCUT2D eigenvalue weighted by Gasteiger charge is -2.42. The number of nitrogens with zero attached hydrogens (tertiary/aromatic N) is 12. The highest BCUT2D eigenvalue weighted by Crippen LogP contribution is 2.31. The van der Waals surface area contributed by atoms with Gasteiger partial charge in [0.25, 0.3) is 0 Å². The van der Waals surface area contributed by atoms with Crippen LogP contribution in [0, 0.1) is 5.41 Å². The Hall–Kier alpha value is -6.48. The second-order valence-corrected chi connectivity index (χ2v) is 27.8. The van der Waals surface area contributed by atoms with Crippen molar-refractivity contribution in [1.82, 2.24) is 76.0 Å². The number of aliphatic hydroxyl groups is 10. The van der Waals surface area contributed by atoms with Gasteiger partial charge >= 0.3 is 0 Å². The van der Waals surface area contributed by atoms with Gasteiger partial charge in [0.15, 0.2) is 18.9 Å². The van der Waals surface area contributed by atoms with E-state index in [0.29, 0.717) is 48.8 Å². The van der Waals surface area contributed by atoms with Crippen LogP contribution >= 0.6 is 21.6 Å². The normalized spacial score (nSPS) is 25.1. The van der Waals surface area contributed by atoms with E-state index in [4.69, 9.17) is 48.5 Å². The van der Waals surface area contributed by atoms with Crippen LogP contribution in [-0.2, 0) is 101 Å². The van der Waals surface area contributed by atoms with E-state index in [-0.39, 0.29) is 142 Å². The molecule has 3 saturated heterocycles. The van der Waals surface area contributed by atoms with Crippen molar-refractivity contribution in [3.63, 3.8) is 0 Å². The number of ether oxygens (including phenoxy) is 9. The summed E-state index contributed by atoms with van der Waals surface area (Å²) < 4.78 is 56.4. The van der Waals surface area contributed by atoms with E-state index < -0.39 is 136 Å². The molecule has 15 unspecified atom stereocenters. The maximum atomic E-state index is 14.8. The van der Waals surface area contributed by atoms with E-state index >= 15 is 0 Å². The van der Waals surface area contributed by atoms with E-state index in [1.165, 1.54) is 25.5 Å². The van der Waals surface area contributed by atoms with Crippen molar-refractivity contribution in [1.29, 1.82) is 5.41 Å². The molecule has 6 heterocycles. The molecule has 43 heteroatoms. The number of unbranched alkanes of at least 4 members (excludes halogenated alkanes) is 1. The maximum absolute atomic E-state index is 14.8. The number of benzene rings is 1. The van der Waals surface area contributed by atoms with E-state index in [0.717, 1.165) is 4.90 Å². The highest BCUT2D eigenvalue weighted by Gasteiger charge is 2.48. The zero-order valence-corrected chi connectivity index (χ0v) is 61.6. The summed E-state index contributed by atoms with van der Waals surface area (Å²) in [4.78, 5) is 55.5. The lowest BCUT2D eigenvalue weighted by atomic mass is 9.97. The minimum absolute atomic E-state index is 0.00111. The Kier molecular flexibility index (Phi) is 38.5. The number of aromatic nitrogens is 9. The molecule has 0 saturated carbocycles. The first-order chi connectivity index (χ1) is 51.6. The Balaban J connectivity index is 1.02. The van der Waals surface area contributed by atoms with Crippen LogP contribution in [0.4, 0.5) is 0 Å². The zero-order chi connectivity index (χ0) is 77.2. The average molecular weight is 1560 g/mol. The molecule has 0 radical (unpaired) electrons. The number of hydrogen-bond acceptors (Lipinski definition) is 36. The Morgan fingerprint density at radius 2 is 1.04 bits per heavy atom. The highest BCUT2D eigenvalue weighted by molar-refractivity contribution is 8.76. The summed E-state index contributed by atoms with van der Waals surface area (Å²) in [6.07, 6.45) is -9.51. The number of carbonyl (C=O) groups excluding carboxylic acids is 4. The van der Waals surface area contributed by atoms with Crippen LogP contribution in [-0.4, -0.2) is 350 Å². The number of hydrazone groups is 1. The quantitative estimate of drug-likeness (QED) is 0.00643. The van der Waals surface area contributed by atoms with Gasteiger partial charge in [-0.05, 0) is 31.5 Å². The molecule has 16 atom stereocenters. The van der Waals surface area contributed by atoms with Crippen LogP contribution in [0.3, 0.4) is 0 Å². The molecule has 4 amide bonds. The third-order valence-corrected chi connectivity index (χ3v) is 19.5. The molecule has 0 aliphatic carbocycles. The number of hydrogen-bond donors (Lipinski definition) is 16. The van der Waals surface area contributed by atoms with Crippen molar-refractivity contribution in [2.45, 2.75) is 189 Å². The molecule has 3 fully saturated rings. The van der Waals surface area contributed by atoms with Gasteiger partial charge in [-0.1, -0.05) is 61.8 Å². The van der Waals surface area contributed by atoms with Crippen LogP contribution in [0.1, 0.15) is 63.5 Å². The van der Waals surface area contributed by atoms with E-state index in [1.54, 1.807) is 49.5 Å². The SMILES string of the molecule is CC(=O)NC1C(OCCOCCC(=N)C(CN(Cc2cn(CCO)nn2)[C@H](CCCCN(Cc2cn(CCOCCOC3OC(CO)C(O)C(O)C3NC(C)=O)nn2)Cc2cn(CCOCCOC3OC(CO)C(O)C(O)C3NC(C)=O)nn2)C(=O)NCCSSc2ccccc2)=NN)OC(CO)C(O)C1O. The van der Waals surface area contributed by atoms with E-state index in [1.807, 2.05) is 35.2 Å². The number of nitrogens with one attached hydrogen (secondary N) is 5. The van der Waals surface area contributed by atoms with Gasteiger partial charge in [-0.15, -0.1) is 15.3 Å². The molecular formula is C64H104N18O23S2. The van der Waals surface area contributed by atoms with Crippen molar-refractivity contribution in [3.8, 4) is 0 Å². The molecule has 3 aliphatic heterocycles. The summed E-state index contributed by atoms with van der Waals surface area (Å²) in [5.41, 5.74) is 1.77. The summed E-state index contributed by atoms with van der Waals surface area (Å²) in [6.45, 7) is 3.87. The lowest BCUT2D eigenvalue weighted by Crippen LogP contribution is -2.64. The molecule has 17 N–H and O–H groups in total. The first-order valence-corrected chi connectivity index (χ1v) is 37.4. The van der Waals surface area contributed by atoms with Crippen molar-refractivity contribution >= 4 is 56.6 Å². The molecular weight excluding hydrogens is 1450 g/mol. The number of amides is 4. The Morgan fingerprint density at radius 3 is 1.47 bits per heavy atom. The third kappa shape index (κ3) is 28.7. The summed E-state index contributed by atoms with van der Waals surface area (Å²) in [7, 11) is 3.15. The molecule has 1 aromatic carbocycles. The van der Waals surface area contributed by atoms with E-state index in [9.17, 15) is 75.7 Å². The van der Waals surface area contributed by atoms with Gasteiger partial charge in [0.05, 0.1) is 140 Å². The summed E-state index contributed by atoms with van der Waals surface area (Å²) in [6, 6.07) is 5.56. The van der Waals surface area contributed by atoms with Gasteiger partial charge in [0.2, 0.25) is 23.6 Å². The largest absolute Gasteiger partial charge is 0.394 e. The van der Waals surface area contributed by atoms with Crippen molar-refractivity contribution in [2.75, 3.05) is 111 Å². The van der Waals surface area contributed by atoms with Gasteiger partial charge in [0, 0.05) is 89.2 Å². The van der Waals surface area contributed by atoms with Crippen LogP contribution in [0.5, 0.6) is 0 Å². The van der Waals surface area contributed by atoms with Gasteiger partial charge in [-0.25, -0.2) is 14.0 Å². The van der Waals surface area contributed by atoms with E-state index in [2.05, 4.69) is 62.2 Å². The molecule has 600 valence electrons. The second-order valence-electron chi connectivity index (χ2n) is 25.3. The first kappa shape index (κ1) is 87.7. The summed E-state index contributed by atoms with van der Waals surface area (Å²) in [5.74, 6) is 4.82. The topological polar surface area (TPSA) is 563 Å². The monoisotopic (exact) mass is 1560 g/mol. The van der Waals surface area contributed by atoms with Gasteiger partial charge in [-0.3, -0.25) is 29.0 Å². The van der Waals surface area contributed by atoms with Crippen LogP contribution in [0.2, 0.25) is 0 Å². The predicted octanol–water partition coefficient (Wildman–Crippen LogP) is -6.29. The van der Waals surface area contributed by atoms with Gasteiger partial charge in [0.1, 0.15) is 73.1 Å². The Bertz CT molecular complexity index is 3200. The number of rotatable bonds is 50. The van der Waals surface area contributed by atoms with Crippen molar-refractivity contribution < 1.29 is 113 Å². The van der Waals surface area contributed by atoms with Crippen LogP contribution < -0.4 is 27.1 Å². The van der Waals surface area contributed by atoms with Gasteiger partial charge < -0.3 is 126 Å². The standard InChI is InChI=1S/C64H104N18O23S2/c1-39(87)68-52-58(93)55(90)49(36-84)103-62(52)100-25-22-97-19-12-46(65)47(71-66)35-79(31-44-34-80(15-18-83)75-74-44)48(61(96)67-13-28-106-107-45-9-5-4-6-10-45)11-7-8-14-78(29-42-32-81(76-72-42)16-20-98-23-26-101-63-53(69-40(2)88)59(94)56(91)50(37-85)104-63)30-43-33-82(77-73-43)17-21-99-24-27-102-64-54(70-41(3)89)60(95)57(92)51(38-86)105-64/h4-6,9-10,32-34,48-60,62-65,83-86,90-95H,7-8,11-31,35-38,66H2,1-3H3,(H,67,96)(H,68,87)(H,69,88)(H,70,89)/t48-,49?,50?,51?,52?,53?,54?,55?,56?,57?,58?,59?,60?,62?,63?,64?/m1/s1. The fourth-order valence-corrected chi connectivity index (χ4v) is 13.7. The predicted molar refractivity (Wildman–Crippen MR) is 377 cm³/mol. The summed E-state index contributed by atoms with van der Waals surface area (Å²) in [5, 5.41) is 152. The Labute approximate surface area is 625 Å².